The number of hydrogen-bond donors (Lipinski definition) is 0. The van der Waals surface area contributed by atoms with Crippen molar-refractivity contribution in [3.05, 3.63) is 159 Å². The zero-order chi connectivity index (χ0) is 29.0. The third-order valence-corrected chi connectivity index (χ3v) is 7.81. The topological polar surface area (TPSA) is 74.3 Å². The van der Waals surface area contributed by atoms with Crippen LogP contribution in [-0.2, 0) is 6.61 Å². The van der Waals surface area contributed by atoms with E-state index in [1.807, 2.05) is 144 Å². The Balaban J connectivity index is 1.22. The van der Waals surface area contributed by atoms with Crippen LogP contribution in [0.1, 0.15) is 22.5 Å². The second kappa shape index (κ2) is 11.7. The molecule has 0 amide bonds. The standard InChI is InChI=1S/C35H25N5O2S/c41-34-31(43-35-36-32(37-40(34)35)21-16-25-10-4-1-5-11-25)22-28-23-39(29-14-8-3-9-15-29)38-33(28)27-17-19-30(20-18-27)42-24-26-12-6-2-7-13-26/h1-23H,24H2/b21-16+,31-22-. The molecule has 3 aromatic heterocycles. The zero-order valence-electron chi connectivity index (χ0n) is 22.9. The Morgan fingerprint density at radius 3 is 2.19 bits per heavy atom. The van der Waals surface area contributed by atoms with Gasteiger partial charge in [0.25, 0.3) is 5.56 Å². The minimum Gasteiger partial charge on any atom is -0.489 e. The third kappa shape index (κ3) is 5.77. The molecule has 0 aliphatic carbocycles. The van der Waals surface area contributed by atoms with Gasteiger partial charge < -0.3 is 4.74 Å². The smallest absolute Gasteiger partial charge is 0.291 e. The second-order valence-corrected chi connectivity index (χ2v) is 10.8. The van der Waals surface area contributed by atoms with Gasteiger partial charge in [0.2, 0.25) is 4.96 Å². The van der Waals surface area contributed by atoms with Gasteiger partial charge in [-0.1, -0.05) is 96.3 Å². The fraction of sp³-hybridized carbons (Fsp3) is 0.0286. The lowest BCUT2D eigenvalue weighted by molar-refractivity contribution is 0.306. The van der Waals surface area contributed by atoms with E-state index < -0.39 is 0 Å². The molecule has 0 atom stereocenters. The Morgan fingerprint density at radius 2 is 1.47 bits per heavy atom. The highest BCUT2D eigenvalue weighted by molar-refractivity contribution is 7.15. The van der Waals surface area contributed by atoms with E-state index in [0.29, 0.717) is 21.9 Å². The lowest BCUT2D eigenvalue weighted by atomic mass is 10.1. The molecular formula is C35H25N5O2S. The molecule has 3 heterocycles. The molecule has 0 N–H and O–H groups in total. The number of benzene rings is 4. The number of para-hydroxylation sites is 1. The maximum atomic E-state index is 13.4. The lowest BCUT2D eigenvalue weighted by Gasteiger charge is -2.07. The van der Waals surface area contributed by atoms with Gasteiger partial charge in [-0.2, -0.15) is 14.6 Å². The van der Waals surface area contributed by atoms with Crippen LogP contribution in [0.2, 0.25) is 0 Å². The Bertz CT molecular complexity index is 2130. The first-order valence-corrected chi connectivity index (χ1v) is 14.6. The van der Waals surface area contributed by atoms with Crippen LogP contribution in [0.5, 0.6) is 5.75 Å². The van der Waals surface area contributed by atoms with E-state index >= 15 is 0 Å². The summed E-state index contributed by atoms with van der Waals surface area (Å²) < 4.78 is 9.70. The van der Waals surface area contributed by atoms with Crippen molar-refractivity contribution in [3.8, 4) is 22.7 Å². The van der Waals surface area contributed by atoms with Crippen molar-refractivity contribution in [2.45, 2.75) is 6.61 Å². The highest BCUT2D eigenvalue weighted by Gasteiger charge is 2.14. The molecule has 0 fully saturated rings. The van der Waals surface area contributed by atoms with E-state index in [1.54, 1.807) is 0 Å². The molecule has 8 heteroatoms. The molecular weight excluding hydrogens is 554 g/mol. The molecule has 0 unspecified atom stereocenters. The van der Waals surface area contributed by atoms with Gasteiger partial charge in [-0.15, -0.1) is 5.10 Å². The van der Waals surface area contributed by atoms with Gasteiger partial charge in [0.1, 0.15) is 18.1 Å². The summed E-state index contributed by atoms with van der Waals surface area (Å²) in [5, 5.41) is 9.34. The van der Waals surface area contributed by atoms with Gasteiger partial charge >= 0.3 is 0 Å². The minimum atomic E-state index is -0.213. The Kier molecular flexibility index (Phi) is 7.17. The summed E-state index contributed by atoms with van der Waals surface area (Å²) in [6, 6.07) is 37.7. The molecule has 208 valence electrons. The van der Waals surface area contributed by atoms with E-state index in [-0.39, 0.29) is 5.56 Å². The summed E-state index contributed by atoms with van der Waals surface area (Å²) in [6.07, 6.45) is 7.55. The predicted molar refractivity (Wildman–Crippen MR) is 171 cm³/mol. The lowest BCUT2D eigenvalue weighted by Crippen LogP contribution is -2.23. The molecule has 0 aliphatic heterocycles. The van der Waals surface area contributed by atoms with Crippen molar-refractivity contribution in [1.29, 1.82) is 0 Å². The van der Waals surface area contributed by atoms with Crippen molar-refractivity contribution >= 4 is 34.5 Å². The number of nitrogens with zero attached hydrogens (tertiary/aromatic N) is 5. The molecule has 43 heavy (non-hydrogen) atoms. The Labute approximate surface area is 251 Å². The molecule has 4 aromatic carbocycles. The van der Waals surface area contributed by atoms with Crippen LogP contribution in [0.4, 0.5) is 0 Å². The molecule has 7 aromatic rings. The summed E-state index contributed by atoms with van der Waals surface area (Å²) in [5.74, 6) is 1.26. The Hall–Kier alpha value is -5.60. The molecule has 0 spiro atoms. The first kappa shape index (κ1) is 26.3. The number of ether oxygens (including phenoxy) is 1. The third-order valence-electron chi connectivity index (χ3n) is 6.85. The predicted octanol–water partition coefficient (Wildman–Crippen LogP) is 6.30. The van der Waals surface area contributed by atoms with Gasteiger partial charge in [0, 0.05) is 17.3 Å². The van der Waals surface area contributed by atoms with Gasteiger partial charge in [-0.3, -0.25) is 4.79 Å². The SMILES string of the molecule is O=c1/c(=C/c2cn(-c3ccccc3)nc2-c2ccc(OCc3ccccc3)cc2)sc2nc(/C=C/c3ccccc3)nn12. The largest absolute Gasteiger partial charge is 0.489 e. The van der Waals surface area contributed by atoms with Crippen molar-refractivity contribution < 1.29 is 4.74 Å². The van der Waals surface area contributed by atoms with E-state index in [1.165, 1.54) is 15.9 Å². The fourth-order valence-corrected chi connectivity index (χ4v) is 5.58. The molecule has 0 saturated carbocycles. The highest BCUT2D eigenvalue weighted by atomic mass is 32.1. The molecule has 7 nitrogen and oxygen atoms in total. The van der Waals surface area contributed by atoms with E-state index in [0.717, 1.165) is 39.4 Å². The maximum absolute atomic E-state index is 13.4. The summed E-state index contributed by atoms with van der Waals surface area (Å²) in [6.45, 7) is 0.492. The number of fused-ring (bicyclic) bond motifs is 1. The molecule has 0 radical (unpaired) electrons. The molecule has 0 aliphatic rings. The van der Waals surface area contributed by atoms with Crippen molar-refractivity contribution in [2.24, 2.45) is 0 Å². The quantitative estimate of drug-likeness (QED) is 0.211. The van der Waals surface area contributed by atoms with Crippen molar-refractivity contribution in [2.75, 3.05) is 0 Å². The minimum absolute atomic E-state index is 0.213. The van der Waals surface area contributed by atoms with Crippen LogP contribution in [0.15, 0.2) is 126 Å². The average Bonchev–Trinajstić information content (AvgIpc) is 3.75. The molecule has 7 rings (SSSR count). The normalized spacial score (nSPS) is 12.0. The summed E-state index contributed by atoms with van der Waals surface area (Å²) >= 11 is 1.31. The number of aromatic nitrogens is 5. The van der Waals surface area contributed by atoms with Crippen LogP contribution in [0, 0.1) is 0 Å². The molecule has 0 saturated heterocycles. The Morgan fingerprint density at radius 1 is 0.767 bits per heavy atom. The monoisotopic (exact) mass is 579 g/mol. The van der Waals surface area contributed by atoms with E-state index in [9.17, 15) is 4.79 Å². The van der Waals surface area contributed by atoms with E-state index in [4.69, 9.17) is 9.84 Å². The summed E-state index contributed by atoms with van der Waals surface area (Å²) in [7, 11) is 0. The number of thiazole rings is 1. The second-order valence-electron chi connectivity index (χ2n) is 9.84. The fourth-order valence-electron chi connectivity index (χ4n) is 4.68. The number of hydrogen-bond acceptors (Lipinski definition) is 6. The first-order valence-electron chi connectivity index (χ1n) is 13.8. The van der Waals surface area contributed by atoms with Crippen molar-refractivity contribution in [1.82, 2.24) is 24.4 Å². The van der Waals surface area contributed by atoms with Crippen LogP contribution >= 0.6 is 11.3 Å². The zero-order valence-corrected chi connectivity index (χ0v) is 23.8. The highest BCUT2D eigenvalue weighted by Crippen LogP contribution is 2.27. The van der Waals surface area contributed by atoms with Crippen LogP contribution in [0.3, 0.4) is 0 Å². The van der Waals surface area contributed by atoms with Crippen LogP contribution < -0.4 is 14.8 Å². The van der Waals surface area contributed by atoms with E-state index in [2.05, 4.69) is 10.1 Å². The number of rotatable bonds is 8. The summed E-state index contributed by atoms with van der Waals surface area (Å²) in [4.78, 5) is 18.5. The van der Waals surface area contributed by atoms with Crippen LogP contribution in [0.25, 0.3) is 40.1 Å². The van der Waals surface area contributed by atoms with Gasteiger partial charge in [-0.05, 0) is 59.7 Å². The van der Waals surface area contributed by atoms with Gasteiger partial charge in [-0.25, -0.2) is 4.68 Å². The van der Waals surface area contributed by atoms with Gasteiger partial charge in [0.05, 0.1) is 10.2 Å². The average molecular weight is 580 g/mol. The van der Waals surface area contributed by atoms with Crippen LogP contribution in [-0.4, -0.2) is 24.4 Å². The summed E-state index contributed by atoms with van der Waals surface area (Å²) in [5.41, 5.74) is 5.33. The first-order chi connectivity index (χ1) is 21.2. The maximum Gasteiger partial charge on any atom is 0.291 e. The van der Waals surface area contributed by atoms with Gasteiger partial charge in [0.15, 0.2) is 5.82 Å². The molecule has 0 bridgehead atoms. The van der Waals surface area contributed by atoms with Crippen molar-refractivity contribution in [3.63, 3.8) is 0 Å².